The van der Waals surface area contributed by atoms with Crippen LogP contribution in [0.15, 0.2) is 52.4 Å². The topological polar surface area (TPSA) is 114 Å². The normalized spacial score (nSPS) is 10.7. The third-order valence-corrected chi connectivity index (χ3v) is 3.84. The largest absolute Gasteiger partial charge is 0.507 e. The Balaban J connectivity index is 1.95. The maximum Gasteiger partial charge on any atom is 0.270 e. The summed E-state index contributed by atoms with van der Waals surface area (Å²) in [4.78, 5) is 18.7. The molecular formula is C18H11ClFN5O2. The minimum atomic E-state index is -0.839. The number of aromatic nitrogens is 2. The van der Waals surface area contributed by atoms with Gasteiger partial charge in [-0.1, -0.05) is 41.9 Å². The molecule has 0 radical (unpaired) electrons. The van der Waals surface area contributed by atoms with Gasteiger partial charge in [0.25, 0.3) is 5.56 Å². The van der Waals surface area contributed by atoms with Gasteiger partial charge in [-0.15, -0.1) is 0 Å². The average molecular weight is 384 g/mol. The third kappa shape index (κ3) is 3.78. The molecule has 27 heavy (non-hydrogen) atoms. The smallest absolute Gasteiger partial charge is 0.270 e. The van der Waals surface area contributed by atoms with Crippen LogP contribution in [0.2, 0.25) is 5.02 Å². The van der Waals surface area contributed by atoms with Crippen LogP contribution in [0.1, 0.15) is 11.1 Å². The Bertz CT molecular complexity index is 1120. The Morgan fingerprint density at radius 2 is 2.04 bits per heavy atom. The molecule has 0 spiro atoms. The Kier molecular flexibility index (Phi) is 5.15. The van der Waals surface area contributed by atoms with Crippen molar-refractivity contribution in [2.75, 3.05) is 5.43 Å². The highest BCUT2D eigenvalue weighted by molar-refractivity contribution is 6.31. The van der Waals surface area contributed by atoms with E-state index in [2.05, 4.69) is 20.5 Å². The van der Waals surface area contributed by atoms with Crippen molar-refractivity contribution in [3.63, 3.8) is 0 Å². The number of nitrogens with one attached hydrogen (secondary N) is 2. The van der Waals surface area contributed by atoms with Crippen LogP contribution in [0.25, 0.3) is 11.3 Å². The molecule has 0 aliphatic heterocycles. The minimum Gasteiger partial charge on any atom is -0.507 e. The van der Waals surface area contributed by atoms with Crippen molar-refractivity contribution in [3.05, 3.63) is 74.8 Å². The second kappa shape index (κ2) is 7.68. The lowest BCUT2D eigenvalue weighted by Gasteiger charge is -2.06. The second-order valence-electron chi connectivity index (χ2n) is 5.28. The van der Waals surface area contributed by atoms with E-state index in [4.69, 9.17) is 11.6 Å². The molecule has 7 nitrogen and oxygen atoms in total. The number of nitrogens with zero attached hydrogens (tertiary/aromatic N) is 3. The summed E-state index contributed by atoms with van der Waals surface area (Å²) in [6.07, 6.45) is 0.997. The molecule has 0 saturated carbocycles. The van der Waals surface area contributed by atoms with Gasteiger partial charge in [0.05, 0.1) is 22.5 Å². The predicted octanol–water partition coefficient (Wildman–Crippen LogP) is 3.25. The van der Waals surface area contributed by atoms with Crippen LogP contribution >= 0.6 is 11.6 Å². The highest BCUT2D eigenvalue weighted by Gasteiger charge is 2.13. The van der Waals surface area contributed by atoms with Gasteiger partial charge in [-0.05, 0) is 12.1 Å². The standard InChI is InChI=1S/C18H11ClFN5O2/c19-13-6-7-14(26)12(15(13)20)9-22-25-18-23-16(10-4-2-1-3-5-10)11(8-21)17(27)24-18/h1-7,9,26H,(H2,23,24,25,27). The van der Waals surface area contributed by atoms with Gasteiger partial charge in [0.2, 0.25) is 5.95 Å². The van der Waals surface area contributed by atoms with Crippen molar-refractivity contribution in [2.45, 2.75) is 0 Å². The number of anilines is 1. The lowest BCUT2D eigenvalue weighted by Crippen LogP contribution is -2.16. The molecule has 0 atom stereocenters. The zero-order valence-electron chi connectivity index (χ0n) is 13.6. The monoisotopic (exact) mass is 383 g/mol. The summed E-state index contributed by atoms with van der Waals surface area (Å²) in [5, 5.41) is 22.5. The number of hydrogen-bond donors (Lipinski definition) is 3. The quantitative estimate of drug-likeness (QED) is 0.472. The first kappa shape index (κ1) is 18.1. The lowest BCUT2D eigenvalue weighted by atomic mass is 10.1. The van der Waals surface area contributed by atoms with Gasteiger partial charge in [0, 0.05) is 5.56 Å². The molecule has 1 heterocycles. The number of aromatic hydroxyl groups is 1. The Labute approximate surface area is 157 Å². The number of nitriles is 1. The van der Waals surface area contributed by atoms with Crippen molar-refractivity contribution in [2.24, 2.45) is 5.10 Å². The molecule has 0 unspecified atom stereocenters. The first-order chi connectivity index (χ1) is 13.0. The molecule has 3 N–H and O–H groups in total. The van der Waals surface area contributed by atoms with Crippen LogP contribution < -0.4 is 11.0 Å². The number of halogens is 2. The van der Waals surface area contributed by atoms with Crippen LogP contribution in [-0.2, 0) is 0 Å². The van der Waals surface area contributed by atoms with Gasteiger partial charge in [-0.3, -0.25) is 9.78 Å². The zero-order chi connectivity index (χ0) is 19.4. The Hall–Kier alpha value is -3.70. The number of H-pyrrole nitrogens is 1. The van der Waals surface area contributed by atoms with Crippen molar-refractivity contribution in [1.29, 1.82) is 5.26 Å². The summed E-state index contributed by atoms with van der Waals surface area (Å²) in [6.45, 7) is 0. The van der Waals surface area contributed by atoms with E-state index < -0.39 is 11.4 Å². The van der Waals surface area contributed by atoms with E-state index in [1.165, 1.54) is 12.1 Å². The second-order valence-corrected chi connectivity index (χ2v) is 5.69. The molecule has 0 aliphatic rings. The van der Waals surface area contributed by atoms with E-state index >= 15 is 0 Å². The molecule has 3 rings (SSSR count). The maximum atomic E-state index is 13.9. The zero-order valence-corrected chi connectivity index (χ0v) is 14.3. The van der Waals surface area contributed by atoms with E-state index in [1.807, 2.05) is 6.07 Å². The highest BCUT2D eigenvalue weighted by Crippen LogP contribution is 2.25. The third-order valence-electron chi connectivity index (χ3n) is 3.55. The molecule has 0 bridgehead atoms. The molecule has 9 heteroatoms. The van der Waals surface area contributed by atoms with Gasteiger partial charge in [0.15, 0.2) is 5.82 Å². The Morgan fingerprint density at radius 1 is 1.30 bits per heavy atom. The number of aromatic amines is 1. The molecule has 0 amide bonds. The molecule has 1 aromatic heterocycles. The molecule has 0 fully saturated rings. The van der Waals surface area contributed by atoms with E-state index in [0.29, 0.717) is 5.56 Å². The van der Waals surface area contributed by atoms with E-state index in [9.17, 15) is 19.6 Å². The summed E-state index contributed by atoms with van der Waals surface area (Å²) in [5.41, 5.74) is 2.17. The number of benzene rings is 2. The summed E-state index contributed by atoms with van der Waals surface area (Å²) in [6, 6.07) is 12.9. The molecule has 0 aliphatic carbocycles. The fourth-order valence-electron chi connectivity index (χ4n) is 2.27. The molecule has 2 aromatic carbocycles. The van der Waals surface area contributed by atoms with Crippen LogP contribution in [0.4, 0.5) is 10.3 Å². The predicted molar refractivity (Wildman–Crippen MR) is 99.3 cm³/mol. The van der Waals surface area contributed by atoms with Crippen molar-refractivity contribution in [1.82, 2.24) is 9.97 Å². The maximum absolute atomic E-state index is 13.9. The van der Waals surface area contributed by atoms with Gasteiger partial charge in [0.1, 0.15) is 17.4 Å². The molecule has 3 aromatic rings. The van der Waals surface area contributed by atoms with E-state index in [-0.39, 0.29) is 33.5 Å². The van der Waals surface area contributed by atoms with Crippen LogP contribution in [0.3, 0.4) is 0 Å². The van der Waals surface area contributed by atoms with Gasteiger partial charge in [-0.2, -0.15) is 10.4 Å². The molecular weight excluding hydrogens is 373 g/mol. The van der Waals surface area contributed by atoms with Gasteiger partial charge in [-0.25, -0.2) is 14.8 Å². The van der Waals surface area contributed by atoms with E-state index in [1.54, 1.807) is 30.3 Å². The SMILES string of the molecule is N#Cc1c(-c2ccccc2)nc(NN=Cc2c(O)ccc(Cl)c2F)[nH]c1=O. The fraction of sp³-hybridized carbons (Fsp3) is 0. The van der Waals surface area contributed by atoms with E-state index in [0.717, 1.165) is 6.21 Å². The van der Waals surface area contributed by atoms with Crippen LogP contribution in [0.5, 0.6) is 5.75 Å². The van der Waals surface area contributed by atoms with Crippen molar-refractivity contribution < 1.29 is 9.50 Å². The van der Waals surface area contributed by atoms with Crippen molar-refractivity contribution >= 4 is 23.8 Å². The number of phenolic OH excluding ortho intramolecular Hbond substituents is 1. The summed E-state index contributed by atoms with van der Waals surface area (Å²) < 4.78 is 13.9. The number of hydrazone groups is 1. The summed E-state index contributed by atoms with van der Waals surface area (Å²) in [5.74, 6) is -1.25. The number of hydrogen-bond acceptors (Lipinski definition) is 6. The Morgan fingerprint density at radius 3 is 2.74 bits per heavy atom. The average Bonchev–Trinajstić information content (AvgIpc) is 2.68. The van der Waals surface area contributed by atoms with Crippen molar-refractivity contribution in [3.8, 4) is 23.1 Å². The fourth-order valence-corrected chi connectivity index (χ4v) is 2.44. The van der Waals surface area contributed by atoms with Gasteiger partial charge >= 0.3 is 0 Å². The number of phenols is 1. The first-order valence-corrected chi connectivity index (χ1v) is 7.95. The summed E-state index contributed by atoms with van der Waals surface area (Å²) in [7, 11) is 0. The molecule has 134 valence electrons. The highest BCUT2D eigenvalue weighted by atomic mass is 35.5. The number of rotatable bonds is 4. The summed E-state index contributed by atoms with van der Waals surface area (Å²) >= 11 is 5.67. The molecule has 0 saturated heterocycles. The first-order valence-electron chi connectivity index (χ1n) is 7.57. The van der Waals surface area contributed by atoms with Crippen LogP contribution in [-0.4, -0.2) is 21.3 Å². The van der Waals surface area contributed by atoms with Gasteiger partial charge < -0.3 is 5.11 Å². The minimum absolute atomic E-state index is 0.0592. The lowest BCUT2D eigenvalue weighted by molar-refractivity contribution is 0.468. The van der Waals surface area contributed by atoms with Crippen LogP contribution in [0, 0.1) is 17.1 Å².